The number of quaternary nitrogens is 2. The van der Waals surface area contributed by atoms with Crippen LogP contribution in [0.25, 0.3) is 0 Å². The van der Waals surface area contributed by atoms with Crippen molar-refractivity contribution in [2.24, 2.45) is 5.92 Å². The van der Waals surface area contributed by atoms with Gasteiger partial charge in [0.2, 0.25) is 0 Å². The lowest BCUT2D eigenvalue weighted by Gasteiger charge is -2.32. The predicted octanol–water partition coefficient (Wildman–Crippen LogP) is -0.448. The molecule has 156 valence electrons. The van der Waals surface area contributed by atoms with Gasteiger partial charge in [-0.05, 0) is 43.0 Å². The van der Waals surface area contributed by atoms with E-state index in [0.717, 1.165) is 57.3 Å². The highest BCUT2D eigenvalue weighted by Gasteiger charge is 2.27. The van der Waals surface area contributed by atoms with Gasteiger partial charge in [0.1, 0.15) is 50.8 Å². The number of ether oxygens (including phenoxy) is 2. The average molecular weight is 392 g/mol. The van der Waals surface area contributed by atoms with E-state index in [9.17, 15) is 4.79 Å². The van der Waals surface area contributed by atoms with E-state index in [4.69, 9.17) is 9.47 Å². The Morgan fingerprint density at radius 3 is 2.36 bits per heavy atom. The number of nitrogens with one attached hydrogen (secondary N) is 3. The third kappa shape index (κ3) is 6.38. The molecule has 3 rings (SSSR count). The summed E-state index contributed by atoms with van der Waals surface area (Å²) < 4.78 is 11.0. The fourth-order valence-corrected chi connectivity index (χ4v) is 4.38. The molecule has 0 radical (unpaired) electrons. The minimum Gasteiger partial charge on any atom is -0.497 e. The van der Waals surface area contributed by atoms with E-state index in [2.05, 4.69) is 12.2 Å². The maximum absolute atomic E-state index is 12.4. The number of hydrogen-bond donors (Lipinski definition) is 3. The van der Waals surface area contributed by atoms with Gasteiger partial charge in [0, 0.05) is 6.04 Å². The van der Waals surface area contributed by atoms with Crippen LogP contribution in [0.4, 0.5) is 0 Å². The summed E-state index contributed by atoms with van der Waals surface area (Å²) in [6.45, 7) is 8.95. The van der Waals surface area contributed by atoms with Gasteiger partial charge in [0.25, 0.3) is 5.91 Å². The van der Waals surface area contributed by atoms with Crippen LogP contribution < -0.4 is 24.6 Å². The summed E-state index contributed by atoms with van der Waals surface area (Å²) in [5.41, 5.74) is 0. The van der Waals surface area contributed by atoms with Crippen molar-refractivity contribution in [3.8, 4) is 11.5 Å². The van der Waals surface area contributed by atoms with Crippen LogP contribution in [-0.4, -0.2) is 64.9 Å². The molecule has 6 nitrogen and oxygen atoms in total. The summed E-state index contributed by atoms with van der Waals surface area (Å²) >= 11 is 0. The molecule has 1 aromatic rings. The SMILES string of the molecule is COc1ccc(OCC[NH+]2CC[NH+](CC(=O)N[C@@H]3CCCC[C@H]3C)CC2)cc1. The monoisotopic (exact) mass is 391 g/mol. The van der Waals surface area contributed by atoms with Gasteiger partial charge >= 0.3 is 0 Å². The minimum atomic E-state index is 0.236. The zero-order valence-corrected chi connectivity index (χ0v) is 17.5. The molecule has 2 aliphatic rings. The first kappa shape index (κ1) is 20.9. The molecule has 1 aliphatic carbocycles. The van der Waals surface area contributed by atoms with Crippen molar-refractivity contribution in [1.29, 1.82) is 0 Å². The van der Waals surface area contributed by atoms with Gasteiger partial charge in [-0.3, -0.25) is 4.79 Å². The second-order valence-corrected chi connectivity index (χ2v) is 8.39. The van der Waals surface area contributed by atoms with Crippen molar-refractivity contribution in [2.45, 2.75) is 38.6 Å². The second kappa shape index (κ2) is 10.7. The molecule has 0 bridgehead atoms. The molecule has 0 aromatic heterocycles. The molecular weight excluding hydrogens is 354 g/mol. The summed E-state index contributed by atoms with van der Waals surface area (Å²) in [7, 11) is 1.67. The van der Waals surface area contributed by atoms with Gasteiger partial charge < -0.3 is 24.6 Å². The van der Waals surface area contributed by atoms with Crippen molar-refractivity contribution in [3.05, 3.63) is 24.3 Å². The normalized spacial score (nSPS) is 27.8. The van der Waals surface area contributed by atoms with Crippen LogP contribution in [0.3, 0.4) is 0 Å². The standard InChI is InChI=1S/C22H35N3O3/c1-18-5-3-4-6-21(18)23-22(26)17-25-13-11-24(12-14-25)15-16-28-20-9-7-19(27-2)8-10-20/h7-10,18,21H,3-6,11-17H2,1-2H3,(H,23,26)/p+2/t18-,21-/m1/s1. The zero-order valence-electron chi connectivity index (χ0n) is 17.5. The molecule has 1 aliphatic heterocycles. The van der Waals surface area contributed by atoms with Gasteiger partial charge in [-0.25, -0.2) is 0 Å². The van der Waals surface area contributed by atoms with Gasteiger partial charge in [-0.1, -0.05) is 19.8 Å². The molecule has 2 fully saturated rings. The van der Waals surface area contributed by atoms with E-state index in [-0.39, 0.29) is 5.91 Å². The van der Waals surface area contributed by atoms with Crippen LogP contribution >= 0.6 is 0 Å². The molecule has 3 N–H and O–H groups in total. The van der Waals surface area contributed by atoms with Gasteiger partial charge in [0.15, 0.2) is 6.54 Å². The van der Waals surface area contributed by atoms with Crippen molar-refractivity contribution in [3.63, 3.8) is 0 Å². The quantitative estimate of drug-likeness (QED) is 0.563. The number of carbonyl (C=O) groups is 1. The lowest BCUT2D eigenvalue weighted by atomic mass is 9.86. The molecule has 2 atom stereocenters. The van der Waals surface area contributed by atoms with Gasteiger partial charge in [-0.2, -0.15) is 0 Å². The number of methoxy groups -OCH3 is 1. The van der Waals surface area contributed by atoms with Crippen LogP contribution in [0.1, 0.15) is 32.6 Å². The Bertz CT molecular complexity index is 600. The summed E-state index contributed by atoms with van der Waals surface area (Å²) in [6.07, 6.45) is 4.96. The number of rotatable bonds is 8. The number of carbonyl (C=O) groups excluding carboxylic acids is 1. The maximum atomic E-state index is 12.4. The van der Waals surface area contributed by atoms with Crippen molar-refractivity contribution in [1.82, 2.24) is 5.32 Å². The Morgan fingerprint density at radius 2 is 1.68 bits per heavy atom. The molecule has 1 amide bonds. The van der Waals surface area contributed by atoms with Crippen LogP contribution in [0.2, 0.25) is 0 Å². The number of amides is 1. The molecule has 0 unspecified atom stereocenters. The minimum absolute atomic E-state index is 0.236. The topological polar surface area (TPSA) is 56.4 Å². The third-order valence-electron chi connectivity index (χ3n) is 6.32. The molecule has 0 spiro atoms. The average Bonchev–Trinajstić information content (AvgIpc) is 2.71. The first-order valence-corrected chi connectivity index (χ1v) is 10.9. The number of piperazine rings is 1. The third-order valence-corrected chi connectivity index (χ3v) is 6.32. The van der Waals surface area contributed by atoms with Crippen LogP contribution in [-0.2, 0) is 4.79 Å². The van der Waals surface area contributed by atoms with Crippen LogP contribution in [0.15, 0.2) is 24.3 Å². The Balaban J connectivity index is 1.30. The fraction of sp³-hybridized carbons (Fsp3) is 0.682. The summed E-state index contributed by atoms with van der Waals surface area (Å²) in [6, 6.07) is 8.12. The van der Waals surface area contributed by atoms with E-state index in [0.29, 0.717) is 18.5 Å². The largest absolute Gasteiger partial charge is 0.497 e. The second-order valence-electron chi connectivity index (χ2n) is 8.39. The van der Waals surface area contributed by atoms with E-state index < -0.39 is 0 Å². The van der Waals surface area contributed by atoms with E-state index in [1.165, 1.54) is 24.2 Å². The van der Waals surface area contributed by atoms with E-state index in [1.807, 2.05) is 24.3 Å². The Kier molecular flexibility index (Phi) is 7.98. The molecule has 28 heavy (non-hydrogen) atoms. The zero-order chi connectivity index (χ0) is 19.8. The molecule has 1 aromatic carbocycles. The lowest BCUT2D eigenvalue weighted by molar-refractivity contribution is -1.01. The Labute approximate surface area is 169 Å². The smallest absolute Gasteiger partial charge is 0.275 e. The Hall–Kier alpha value is -1.79. The lowest BCUT2D eigenvalue weighted by Crippen LogP contribution is -3.28. The number of benzene rings is 1. The highest BCUT2D eigenvalue weighted by Crippen LogP contribution is 2.23. The van der Waals surface area contributed by atoms with Gasteiger partial charge in [-0.15, -0.1) is 0 Å². The first-order valence-electron chi connectivity index (χ1n) is 10.9. The highest BCUT2D eigenvalue weighted by molar-refractivity contribution is 5.77. The van der Waals surface area contributed by atoms with E-state index >= 15 is 0 Å². The first-order chi connectivity index (χ1) is 13.6. The van der Waals surface area contributed by atoms with Gasteiger partial charge in [0.05, 0.1) is 7.11 Å². The Morgan fingerprint density at radius 1 is 1.04 bits per heavy atom. The van der Waals surface area contributed by atoms with Crippen molar-refractivity contribution >= 4 is 5.91 Å². The van der Waals surface area contributed by atoms with Crippen LogP contribution in [0.5, 0.6) is 11.5 Å². The van der Waals surface area contributed by atoms with Crippen LogP contribution in [0, 0.1) is 5.92 Å². The summed E-state index contributed by atoms with van der Waals surface area (Å²) in [5.74, 6) is 2.59. The number of hydrogen-bond acceptors (Lipinski definition) is 3. The van der Waals surface area contributed by atoms with Crippen molar-refractivity contribution < 1.29 is 24.1 Å². The molecule has 1 heterocycles. The molecular formula is C22H37N3O3+2. The predicted molar refractivity (Wildman–Crippen MR) is 109 cm³/mol. The molecule has 1 saturated carbocycles. The fourth-order valence-electron chi connectivity index (χ4n) is 4.38. The molecule has 1 saturated heterocycles. The maximum Gasteiger partial charge on any atom is 0.275 e. The van der Waals surface area contributed by atoms with E-state index in [1.54, 1.807) is 12.0 Å². The highest BCUT2D eigenvalue weighted by atomic mass is 16.5. The van der Waals surface area contributed by atoms with Crippen molar-refractivity contribution in [2.75, 3.05) is 53.0 Å². The molecule has 6 heteroatoms. The summed E-state index contributed by atoms with van der Waals surface area (Å²) in [5, 5.41) is 3.29. The summed E-state index contributed by atoms with van der Waals surface area (Å²) in [4.78, 5) is 15.4.